The van der Waals surface area contributed by atoms with Crippen LogP contribution in [0.1, 0.15) is 41.0 Å². The van der Waals surface area contributed by atoms with Crippen LogP contribution in [0.15, 0.2) is 12.4 Å². The molecule has 0 unspecified atom stereocenters. The zero-order valence-corrected chi connectivity index (χ0v) is 11.9. The third kappa shape index (κ3) is 2.41. The molecule has 2 rings (SSSR count). The Hall–Kier alpha value is -0.945. The van der Waals surface area contributed by atoms with Crippen molar-refractivity contribution in [3.05, 3.63) is 12.4 Å². The minimum Gasteiger partial charge on any atom is -0.399 e. The number of hydrogen-bond acceptors (Lipinski definition) is 3. The highest BCUT2D eigenvalue weighted by molar-refractivity contribution is 6.61. The van der Waals surface area contributed by atoms with Crippen LogP contribution < -0.4 is 5.46 Å². The number of hydrogen-bond donors (Lipinski definition) is 0. The Morgan fingerprint density at radius 1 is 1.26 bits per heavy atom. The highest BCUT2D eigenvalue weighted by Crippen LogP contribution is 2.36. The summed E-state index contributed by atoms with van der Waals surface area (Å²) in [4.78, 5) is 0. The molecule has 0 radical (unpaired) electrons. The van der Waals surface area contributed by atoms with Crippen LogP contribution in [0.4, 0.5) is 8.78 Å². The molecule has 0 atom stereocenters. The average Bonchev–Trinajstić information content (AvgIpc) is 2.83. The summed E-state index contributed by atoms with van der Waals surface area (Å²) in [5.74, 6) is 0. The molecule has 4 nitrogen and oxygen atoms in total. The van der Waals surface area contributed by atoms with E-state index in [9.17, 15) is 8.78 Å². The lowest BCUT2D eigenvalue weighted by Crippen LogP contribution is -2.41. The normalized spacial score (nSPS) is 21.9. The van der Waals surface area contributed by atoms with Crippen LogP contribution in [0.2, 0.25) is 0 Å². The largest absolute Gasteiger partial charge is 0.498 e. The minimum atomic E-state index is -2.98. The molecule has 0 spiro atoms. The van der Waals surface area contributed by atoms with Crippen LogP contribution in [0.5, 0.6) is 0 Å². The van der Waals surface area contributed by atoms with Crippen LogP contribution >= 0.6 is 0 Å². The Bertz CT molecular complexity index is 458. The summed E-state index contributed by atoms with van der Waals surface area (Å²) in [5.41, 5.74) is -0.480. The first-order valence-electron chi connectivity index (χ1n) is 6.37. The molecule has 1 aliphatic heterocycles. The molecule has 1 saturated heterocycles. The van der Waals surface area contributed by atoms with E-state index in [0.717, 1.165) is 0 Å². The minimum absolute atomic E-state index is 0.308. The van der Waals surface area contributed by atoms with E-state index >= 15 is 0 Å². The Morgan fingerprint density at radius 2 is 1.79 bits per heavy atom. The standard InChI is InChI=1S/C12H19BF2N2O2/c1-6-12(14,15)17-8-9(7-16-17)13-18-10(2,3)11(4,5)19-13/h7-8H,6H2,1-5H3. The SMILES string of the molecule is CCC(F)(F)n1cc(B2OC(C)(C)C(C)(C)O2)cn1. The summed E-state index contributed by atoms with van der Waals surface area (Å²) in [6.07, 6.45) is 2.34. The van der Waals surface area contributed by atoms with E-state index in [-0.39, 0.29) is 6.42 Å². The Balaban J connectivity index is 2.22. The molecule has 0 bridgehead atoms. The van der Waals surface area contributed by atoms with Gasteiger partial charge in [-0.3, -0.25) is 0 Å². The van der Waals surface area contributed by atoms with Gasteiger partial charge in [-0.05, 0) is 27.7 Å². The lowest BCUT2D eigenvalue weighted by molar-refractivity contribution is -0.0950. The summed E-state index contributed by atoms with van der Waals surface area (Å²) in [6, 6.07) is -2.98. The zero-order chi connectivity index (χ0) is 14.5. The number of aromatic nitrogens is 2. The Labute approximate surface area is 112 Å². The van der Waals surface area contributed by atoms with E-state index in [1.807, 2.05) is 27.7 Å². The Morgan fingerprint density at radius 3 is 2.26 bits per heavy atom. The second kappa shape index (κ2) is 4.28. The molecule has 1 aromatic rings. The van der Waals surface area contributed by atoms with Crippen molar-refractivity contribution >= 4 is 12.6 Å². The summed E-state index contributed by atoms with van der Waals surface area (Å²) in [5, 5.41) is 3.71. The molecule has 0 N–H and O–H groups in total. The van der Waals surface area contributed by atoms with Gasteiger partial charge in [0, 0.05) is 24.3 Å². The Kier molecular flexibility index (Phi) is 3.26. The molecular formula is C12H19BF2N2O2. The van der Waals surface area contributed by atoms with E-state index in [1.165, 1.54) is 19.3 Å². The van der Waals surface area contributed by atoms with Gasteiger partial charge in [0.05, 0.1) is 11.2 Å². The average molecular weight is 272 g/mol. The summed E-state index contributed by atoms with van der Waals surface area (Å²) < 4.78 is 39.3. The second-order valence-electron chi connectivity index (χ2n) is 5.83. The fourth-order valence-electron chi connectivity index (χ4n) is 1.78. The van der Waals surface area contributed by atoms with Gasteiger partial charge in [0.15, 0.2) is 0 Å². The van der Waals surface area contributed by atoms with Gasteiger partial charge in [-0.25, -0.2) is 4.68 Å². The molecule has 2 heterocycles. The van der Waals surface area contributed by atoms with Crippen LogP contribution in [-0.2, 0) is 15.4 Å². The monoisotopic (exact) mass is 272 g/mol. The molecule has 0 amide bonds. The lowest BCUT2D eigenvalue weighted by Gasteiger charge is -2.32. The molecule has 0 aliphatic carbocycles. The molecule has 7 heteroatoms. The second-order valence-corrected chi connectivity index (χ2v) is 5.83. The van der Waals surface area contributed by atoms with E-state index in [1.54, 1.807) is 0 Å². The van der Waals surface area contributed by atoms with Crippen LogP contribution in [0.25, 0.3) is 0 Å². The van der Waals surface area contributed by atoms with Crippen molar-refractivity contribution in [3.63, 3.8) is 0 Å². The fraction of sp³-hybridized carbons (Fsp3) is 0.750. The van der Waals surface area contributed by atoms with E-state index in [4.69, 9.17) is 9.31 Å². The number of rotatable bonds is 3. The number of halogens is 2. The van der Waals surface area contributed by atoms with Gasteiger partial charge < -0.3 is 9.31 Å². The number of alkyl halides is 2. The van der Waals surface area contributed by atoms with Gasteiger partial charge >= 0.3 is 13.2 Å². The maximum absolute atomic E-state index is 13.5. The lowest BCUT2D eigenvalue weighted by atomic mass is 9.82. The van der Waals surface area contributed by atoms with Crippen molar-refractivity contribution < 1.29 is 18.1 Å². The van der Waals surface area contributed by atoms with Crippen molar-refractivity contribution in [1.82, 2.24) is 9.78 Å². The molecule has 106 valence electrons. The molecule has 0 saturated carbocycles. The van der Waals surface area contributed by atoms with Crippen LogP contribution in [0.3, 0.4) is 0 Å². The molecular weight excluding hydrogens is 253 g/mol. The van der Waals surface area contributed by atoms with E-state index in [2.05, 4.69) is 5.10 Å². The van der Waals surface area contributed by atoms with Gasteiger partial charge in [-0.15, -0.1) is 0 Å². The maximum Gasteiger partial charge on any atom is 0.498 e. The molecule has 1 aliphatic rings. The van der Waals surface area contributed by atoms with Crippen molar-refractivity contribution in [2.24, 2.45) is 0 Å². The number of nitrogens with zero attached hydrogens (tertiary/aromatic N) is 2. The summed E-state index contributed by atoms with van der Waals surface area (Å²) in [6.45, 7) is 9.07. The molecule has 19 heavy (non-hydrogen) atoms. The molecule has 1 aromatic heterocycles. The van der Waals surface area contributed by atoms with Crippen molar-refractivity contribution in [2.75, 3.05) is 0 Å². The first-order chi connectivity index (χ1) is 8.59. The highest BCUT2D eigenvalue weighted by atomic mass is 19.3. The molecule has 1 fully saturated rings. The first kappa shape index (κ1) is 14.5. The molecule has 0 aromatic carbocycles. The van der Waals surface area contributed by atoms with Crippen molar-refractivity contribution in [3.8, 4) is 0 Å². The fourth-order valence-corrected chi connectivity index (χ4v) is 1.78. The van der Waals surface area contributed by atoms with Gasteiger partial charge in [0.1, 0.15) is 0 Å². The third-order valence-electron chi connectivity index (χ3n) is 3.89. The maximum atomic E-state index is 13.5. The predicted octanol–water partition coefficient (Wildman–Crippen LogP) is 2.14. The van der Waals surface area contributed by atoms with Gasteiger partial charge in [-0.1, -0.05) is 6.92 Å². The summed E-state index contributed by atoms with van der Waals surface area (Å²) >= 11 is 0. The topological polar surface area (TPSA) is 36.3 Å². The summed E-state index contributed by atoms with van der Waals surface area (Å²) in [7, 11) is -0.661. The quantitative estimate of drug-likeness (QED) is 0.791. The smallest absolute Gasteiger partial charge is 0.399 e. The zero-order valence-electron chi connectivity index (χ0n) is 11.9. The highest BCUT2D eigenvalue weighted by Gasteiger charge is 2.52. The van der Waals surface area contributed by atoms with Crippen molar-refractivity contribution in [2.45, 2.75) is 58.3 Å². The predicted molar refractivity (Wildman–Crippen MR) is 68.4 cm³/mol. The van der Waals surface area contributed by atoms with Gasteiger partial charge in [0.2, 0.25) is 0 Å². The van der Waals surface area contributed by atoms with Gasteiger partial charge in [-0.2, -0.15) is 13.9 Å². The van der Waals surface area contributed by atoms with E-state index in [0.29, 0.717) is 10.1 Å². The first-order valence-corrected chi connectivity index (χ1v) is 6.37. The van der Waals surface area contributed by atoms with Crippen molar-refractivity contribution in [1.29, 1.82) is 0 Å². The van der Waals surface area contributed by atoms with Crippen LogP contribution in [0, 0.1) is 0 Å². The third-order valence-corrected chi connectivity index (χ3v) is 3.89. The van der Waals surface area contributed by atoms with E-state index < -0.39 is 24.4 Å². The van der Waals surface area contributed by atoms with Gasteiger partial charge in [0.25, 0.3) is 0 Å². The van der Waals surface area contributed by atoms with Crippen LogP contribution in [-0.4, -0.2) is 28.1 Å².